The van der Waals surface area contributed by atoms with Gasteiger partial charge in [-0.1, -0.05) is 56.0 Å². The van der Waals surface area contributed by atoms with Crippen molar-refractivity contribution >= 4 is 8.07 Å². The first kappa shape index (κ1) is 17.4. The van der Waals surface area contributed by atoms with Gasteiger partial charge in [0.15, 0.2) is 0 Å². The lowest BCUT2D eigenvalue weighted by Gasteiger charge is -2.35. The number of hydrogen-bond acceptors (Lipinski definition) is 3. The van der Waals surface area contributed by atoms with Crippen molar-refractivity contribution in [2.75, 3.05) is 13.4 Å². The fraction of sp³-hybridized carbons (Fsp3) is 0.556. The lowest BCUT2D eigenvalue weighted by molar-refractivity contribution is -0.131. The van der Waals surface area contributed by atoms with Crippen molar-refractivity contribution in [3.63, 3.8) is 0 Å². The summed E-state index contributed by atoms with van der Waals surface area (Å²) in [5.74, 6) is 0. The molecule has 0 radical (unpaired) electrons. The van der Waals surface area contributed by atoms with Crippen LogP contribution in [0.3, 0.4) is 0 Å². The third-order valence-electron chi connectivity index (χ3n) is 4.06. The van der Waals surface area contributed by atoms with E-state index in [0.29, 0.717) is 13.2 Å². The van der Waals surface area contributed by atoms with Gasteiger partial charge in [-0.3, -0.25) is 0 Å². The molecule has 1 N–H and O–H groups in total. The van der Waals surface area contributed by atoms with Crippen molar-refractivity contribution in [2.24, 2.45) is 0 Å². The van der Waals surface area contributed by atoms with Crippen LogP contribution >= 0.6 is 0 Å². The van der Waals surface area contributed by atoms with Crippen LogP contribution in [0.2, 0.25) is 25.7 Å². The van der Waals surface area contributed by atoms with Gasteiger partial charge in [-0.25, -0.2) is 0 Å². The zero-order valence-electron chi connectivity index (χ0n) is 13.9. The highest BCUT2D eigenvalue weighted by Crippen LogP contribution is 2.36. The van der Waals surface area contributed by atoms with Gasteiger partial charge in [0.2, 0.25) is 0 Å². The first-order valence-electron chi connectivity index (χ1n) is 8.06. The highest BCUT2D eigenvalue weighted by Gasteiger charge is 2.33. The summed E-state index contributed by atoms with van der Waals surface area (Å²) >= 11 is 0. The van der Waals surface area contributed by atoms with E-state index in [4.69, 9.17) is 9.47 Å². The monoisotopic (exact) mass is 320 g/mol. The van der Waals surface area contributed by atoms with Gasteiger partial charge in [0.05, 0.1) is 6.10 Å². The Balaban J connectivity index is 1.97. The van der Waals surface area contributed by atoms with Crippen LogP contribution in [-0.2, 0) is 15.1 Å². The maximum Gasteiger partial charge on any atom is 0.148 e. The van der Waals surface area contributed by atoms with E-state index in [-0.39, 0.29) is 6.10 Å². The minimum absolute atomic E-state index is 0.291. The van der Waals surface area contributed by atoms with Crippen molar-refractivity contribution in [3.05, 3.63) is 48.0 Å². The van der Waals surface area contributed by atoms with E-state index in [9.17, 15) is 5.11 Å². The molecule has 0 bridgehead atoms. The zero-order valence-corrected chi connectivity index (χ0v) is 14.9. The normalized spacial score (nSPS) is 25.4. The number of hydrogen-bond donors (Lipinski definition) is 1. The topological polar surface area (TPSA) is 38.7 Å². The van der Waals surface area contributed by atoms with Crippen molar-refractivity contribution in [1.29, 1.82) is 0 Å². The number of benzene rings is 1. The molecular formula is C18H28O3Si. The Morgan fingerprint density at radius 1 is 1.23 bits per heavy atom. The molecule has 1 aromatic rings. The van der Waals surface area contributed by atoms with Crippen LogP contribution in [0.5, 0.6) is 0 Å². The van der Waals surface area contributed by atoms with Crippen molar-refractivity contribution in [2.45, 2.75) is 50.2 Å². The molecule has 3 nitrogen and oxygen atoms in total. The van der Waals surface area contributed by atoms with Gasteiger partial charge in [0.1, 0.15) is 12.4 Å². The highest BCUT2D eigenvalue weighted by molar-refractivity contribution is 6.76. The van der Waals surface area contributed by atoms with Crippen molar-refractivity contribution in [3.8, 4) is 0 Å². The molecule has 1 aromatic carbocycles. The van der Waals surface area contributed by atoms with E-state index < -0.39 is 13.7 Å². The second kappa shape index (κ2) is 7.55. The molecule has 0 spiro atoms. The molecule has 2 atom stereocenters. The Kier molecular flexibility index (Phi) is 5.98. The summed E-state index contributed by atoms with van der Waals surface area (Å²) in [6, 6.07) is 11.3. The minimum Gasteiger partial charge on any atom is -0.389 e. The molecule has 1 aliphatic carbocycles. The first-order chi connectivity index (χ1) is 10.4. The second-order valence-corrected chi connectivity index (χ2v) is 12.8. The summed E-state index contributed by atoms with van der Waals surface area (Å²) in [5.41, 5.74) is 0.645. The van der Waals surface area contributed by atoms with Gasteiger partial charge in [-0.15, -0.1) is 0 Å². The Morgan fingerprint density at radius 3 is 2.55 bits per heavy atom. The number of aliphatic hydroxyl groups excluding tert-OH is 1. The minimum atomic E-state index is -1.07. The molecule has 0 amide bonds. The smallest absolute Gasteiger partial charge is 0.148 e. The Bertz CT molecular complexity index is 481. The third-order valence-corrected chi connectivity index (χ3v) is 5.76. The molecule has 0 aromatic heterocycles. The second-order valence-electron chi connectivity index (χ2n) is 7.20. The summed E-state index contributed by atoms with van der Waals surface area (Å²) in [6.45, 7) is 8.07. The predicted molar refractivity (Wildman–Crippen MR) is 92.6 cm³/mol. The molecule has 0 fully saturated rings. The highest BCUT2D eigenvalue weighted by atomic mass is 28.3. The van der Waals surface area contributed by atoms with Gasteiger partial charge in [-0.05, 0) is 30.5 Å². The van der Waals surface area contributed by atoms with E-state index >= 15 is 0 Å². The lowest BCUT2D eigenvalue weighted by atomic mass is 9.83. The van der Waals surface area contributed by atoms with Crippen LogP contribution in [0.25, 0.3) is 0 Å². The standard InChI is InChI=1S/C18H28O3Si/c1-22(2,3)14-13-20-15-21-18(11-9-17(19)10-12-18)16-7-5-4-6-8-16/h4-9,11,17,19H,10,12-15H2,1-3H3. The molecule has 4 heteroatoms. The van der Waals surface area contributed by atoms with Crippen LogP contribution in [-0.4, -0.2) is 32.7 Å². The van der Waals surface area contributed by atoms with E-state index in [1.165, 1.54) is 0 Å². The molecule has 0 saturated carbocycles. The lowest BCUT2D eigenvalue weighted by Crippen LogP contribution is -2.33. The first-order valence-corrected chi connectivity index (χ1v) is 11.8. The van der Waals surface area contributed by atoms with Gasteiger partial charge >= 0.3 is 0 Å². The molecule has 2 rings (SSSR count). The molecule has 122 valence electrons. The van der Waals surface area contributed by atoms with E-state index in [2.05, 4.69) is 31.8 Å². The van der Waals surface area contributed by atoms with Gasteiger partial charge < -0.3 is 14.6 Å². The predicted octanol–water partition coefficient (Wildman–Crippen LogP) is 3.92. The maximum absolute atomic E-state index is 9.72. The molecular weight excluding hydrogens is 292 g/mol. The summed E-state index contributed by atoms with van der Waals surface area (Å²) in [5, 5.41) is 9.72. The number of aliphatic hydroxyl groups is 1. The number of rotatable bonds is 7. The van der Waals surface area contributed by atoms with Crippen LogP contribution in [0.15, 0.2) is 42.5 Å². The van der Waals surface area contributed by atoms with Crippen LogP contribution in [0.4, 0.5) is 0 Å². The van der Waals surface area contributed by atoms with E-state index in [0.717, 1.165) is 24.6 Å². The van der Waals surface area contributed by atoms with Crippen molar-refractivity contribution in [1.82, 2.24) is 0 Å². The molecule has 22 heavy (non-hydrogen) atoms. The Labute approximate surface area is 135 Å². The quantitative estimate of drug-likeness (QED) is 0.358. The fourth-order valence-corrected chi connectivity index (χ4v) is 3.31. The molecule has 1 aliphatic rings. The summed E-state index contributed by atoms with van der Waals surface area (Å²) < 4.78 is 11.8. The largest absolute Gasteiger partial charge is 0.389 e. The molecule has 0 aliphatic heterocycles. The van der Waals surface area contributed by atoms with Crippen LogP contribution in [0, 0.1) is 0 Å². The van der Waals surface area contributed by atoms with E-state index in [1.807, 2.05) is 30.4 Å². The van der Waals surface area contributed by atoms with Crippen molar-refractivity contribution < 1.29 is 14.6 Å². The third kappa shape index (κ3) is 5.06. The Morgan fingerprint density at radius 2 is 1.95 bits per heavy atom. The average molecular weight is 321 g/mol. The summed E-state index contributed by atoms with van der Waals surface area (Å²) in [6.07, 6.45) is 4.93. The summed E-state index contributed by atoms with van der Waals surface area (Å²) in [4.78, 5) is 0. The maximum atomic E-state index is 9.72. The molecule has 2 unspecified atom stereocenters. The van der Waals surface area contributed by atoms with E-state index in [1.54, 1.807) is 0 Å². The fourth-order valence-electron chi connectivity index (χ4n) is 2.56. The molecule has 0 saturated heterocycles. The van der Waals surface area contributed by atoms with Gasteiger partial charge in [0, 0.05) is 14.7 Å². The SMILES string of the molecule is C[Si](C)(C)CCOCOC1(c2ccccc2)C=CC(O)CC1. The number of ether oxygens (including phenoxy) is 2. The van der Waals surface area contributed by atoms with Crippen LogP contribution in [0.1, 0.15) is 18.4 Å². The van der Waals surface area contributed by atoms with Crippen LogP contribution < -0.4 is 0 Å². The molecule has 0 heterocycles. The van der Waals surface area contributed by atoms with Gasteiger partial charge in [0.25, 0.3) is 0 Å². The van der Waals surface area contributed by atoms with Gasteiger partial charge in [-0.2, -0.15) is 0 Å². The zero-order chi connectivity index (χ0) is 16.1. The summed E-state index contributed by atoms with van der Waals surface area (Å²) in [7, 11) is -1.07. The Hall–Kier alpha value is -0.943. The average Bonchev–Trinajstić information content (AvgIpc) is 2.49.